The molecule has 9 aromatic rings. The lowest BCUT2D eigenvalue weighted by atomic mass is 10.1. The summed E-state index contributed by atoms with van der Waals surface area (Å²) in [5.74, 6) is 0. The minimum absolute atomic E-state index is 1.12. The molecule has 0 aliphatic heterocycles. The quantitative estimate of drug-likeness (QED) is 0.213. The molecule has 0 atom stereocenters. The highest BCUT2D eigenvalue weighted by molar-refractivity contribution is 6.18. The summed E-state index contributed by atoms with van der Waals surface area (Å²) in [7, 11) is 0. The second-order valence-electron chi connectivity index (χ2n) is 10.5. The maximum absolute atomic E-state index is 4.34. The van der Waals surface area contributed by atoms with E-state index in [0.29, 0.717) is 0 Å². The van der Waals surface area contributed by atoms with Crippen LogP contribution in [0.5, 0.6) is 0 Å². The molecule has 40 heavy (non-hydrogen) atoms. The van der Waals surface area contributed by atoms with Crippen molar-refractivity contribution in [2.45, 2.75) is 0 Å². The van der Waals surface area contributed by atoms with Gasteiger partial charge in [-0.15, -0.1) is 0 Å². The molecule has 3 heteroatoms. The lowest BCUT2D eigenvalue weighted by Crippen LogP contribution is -1.94. The first-order chi connectivity index (χ1) is 19.8. The topological polar surface area (TPSA) is 22.2 Å². The van der Waals surface area contributed by atoms with Gasteiger partial charge in [-0.25, -0.2) is 0 Å². The largest absolute Gasteiger partial charge is 0.309 e. The normalized spacial score (nSPS) is 12.0. The Balaban J connectivity index is 1.42. The van der Waals surface area contributed by atoms with Gasteiger partial charge in [-0.05, 0) is 59.5 Å². The molecule has 4 heterocycles. The Morgan fingerprint density at radius 3 is 1.90 bits per heavy atom. The van der Waals surface area contributed by atoms with Gasteiger partial charge in [0.15, 0.2) is 0 Å². The third kappa shape index (κ3) is 2.92. The molecule has 186 valence electrons. The second kappa shape index (κ2) is 8.05. The van der Waals surface area contributed by atoms with Crippen molar-refractivity contribution in [3.8, 4) is 16.8 Å². The minimum Gasteiger partial charge on any atom is -0.309 e. The van der Waals surface area contributed by atoms with Gasteiger partial charge in [0.05, 0.1) is 27.6 Å². The van der Waals surface area contributed by atoms with Crippen LogP contribution in [0.25, 0.3) is 76.7 Å². The smallest absolute Gasteiger partial charge is 0.0548 e. The number of hydrogen-bond acceptors (Lipinski definition) is 1. The number of aromatic nitrogens is 3. The first-order valence-electron chi connectivity index (χ1n) is 13.6. The summed E-state index contributed by atoms with van der Waals surface area (Å²) in [5, 5.41) is 7.59. The van der Waals surface area contributed by atoms with Gasteiger partial charge in [-0.2, -0.15) is 0 Å². The molecule has 0 fully saturated rings. The van der Waals surface area contributed by atoms with Crippen LogP contribution in [0.4, 0.5) is 0 Å². The van der Waals surface area contributed by atoms with Crippen molar-refractivity contribution < 1.29 is 0 Å². The second-order valence-corrected chi connectivity index (χ2v) is 10.5. The molecule has 0 aliphatic rings. The summed E-state index contributed by atoms with van der Waals surface area (Å²) >= 11 is 0. The van der Waals surface area contributed by atoms with Gasteiger partial charge in [-0.1, -0.05) is 78.9 Å². The highest BCUT2D eigenvalue weighted by Gasteiger charge is 2.17. The van der Waals surface area contributed by atoms with Crippen molar-refractivity contribution in [3.63, 3.8) is 0 Å². The number of nitrogens with zero attached hydrogens (tertiary/aromatic N) is 3. The SMILES string of the molecule is c1cncc(-c2cccc(-n3c4ccccc4c4cc5c(cc43)cc3c4ccccc4c4ccccc4n53)c2)c1. The Hall–Kier alpha value is -5.41. The molecule has 9 rings (SSSR count). The first-order valence-corrected chi connectivity index (χ1v) is 13.6. The van der Waals surface area contributed by atoms with E-state index in [1.54, 1.807) is 0 Å². The summed E-state index contributed by atoms with van der Waals surface area (Å²) in [6, 6.07) is 46.3. The Labute approximate surface area is 230 Å². The van der Waals surface area contributed by atoms with Gasteiger partial charge in [-0.3, -0.25) is 4.98 Å². The summed E-state index contributed by atoms with van der Waals surface area (Å²) in [4.78, 5) is 4.34. The zero-order valence-corrected chi connectivity index (χ0v) is 21.6. The van der Waals surface area contributed by atoms with E-state index >= 15 is 0 Å². The van der Waals surface area contributed by atoms with Gasteiger partial charge in [0.25, 0.3) is 0 Å². The predicted molar refractivity (Wildman–Crippen MR) is 167 cm³/mol. The molecule has 0 radical (unpaired) electrons. The van der Waals surface area contributed by atoms with Crippen LogP contribution in [0.1, 0.15) is 0 Å². The van der Waals surface area contributed by atoms with Gasteiger partial charge in [0.2, 0.25) is 0 Å². The van der Waals surface area contributed by atoms with Crippen LogP contribution in [0.15, 0.2) is 140 Å². The number of hydrogen-bond donors (Lipinski definition) is 0. The Bertz CT molecular complexity index is 2430. The number of benzene rings is 5. The zero-order chi connectivity index (χ0) is 26.2. The van der Waals surface area contributed by atoms with Gasteiger partial charge in [0, 0.05) is 50.6 Å². The molecule has 0 aliphatic carbocycles. The highest BCUT2D eigenvalue weighted by Crippen LogP contribution is 2.39. The van der Waals surface area contributed by atoms with Crippen LogP contribution in [-0.4, -0.2) is 14.0 Å². The minimum atomic E-state index is 1.12. The van der Waals surface area contributed by atoms with E-state index < -0.39 is 0 Å². The van der Waals surface area contributed by atoms with Crippen LogP contribution in [-0.2, 0) is 0 Å². The van der Waals surface area contributed by atoms with Crippen molar-refractivity contribution in [2.24, 2.45) is 0 Å². The van der Waals surface area contributed by atoms with Crippen LogP contribution in [0, 0.1) is 0 Å². The van der Waals surface area contributed by atoms with Gasteiger partial charge in [0.1, 0.15) is 0 Å². The van der Waals surface area contributed by atoms with E-state index in [1.165, 1.54) is 59.9 Å². The molecule has 0 unspecified atom stereocenters. The average Bonchev–Trinajstić information content (AvgIpc) is 3.56. The Kier molecular flexibility index (Phi) is 4.33. The Morgan fingerprint density at radius 2 is 1.10 bits per heavy atom. The molecule has 3 nitrogen and oxygen atoms in total. The third-order valence-electron chi connectivity index (χ3n) is 8.33. The number of rotatable bonds is 2. The van der Waals surface area contributed by atoms with Crippen molar-refractivity contribution in [1.29, 1.82) is 0 Å². The fourth-order valence-corrected chi connectivity index (χ4v) is 6.60. The molecular formula is C37H23N3. The molecule has 0 amide bonds. The van der Waals surface area contributed by atoms with Crippen molar-refractivity contribution in [3.05, 3.63) is 140 Å². The maximum Gasteiger partial charge on any atom is 0.0548 e. The van der Waals surface area contributed by atoms with E-state index in [9.17, 15) is 0 Å². The third-order valence-corrected chi connectivity index (χ3v) is 8.33. The number of pyridine rings is 2. The summed E-state index contributed by atoms with van der Waals surface area (Å²) in [6.07, 6.45) is 3.75. The number of fused-ring (bicyclic) bond motifs is 11. The van der Waals surface area contributed by atoms with Crippen molar-refractivity contribution in [2.75, 3.05) is 0 Å². The summed E-state index contributed by atoms with van der Waals surface area (Å²) in [5.41, 5.74) is 9.54. The van der Waals surface area contributed by atoms with Crippen LogP contribution in [0.3, 0.4) is 0 Å². The van der Waals surface area contributed by atoms with Crippen molar-refractivity contribution in [1.82, 2.24) is 14.0 Å². The molecule has 0 saturated carbocycles. The highest BCUT2D eigenvalue weighted by atomic mass is 15.0. The molecule has 0 saturated heterocycles. The standard InChI is InChI=1S/C37H23N3/c1-2-14-30-28(12-1)29-13-3-6-17-34(29)40-35-22-32-31-15-4-5-16-33(31)39(37(32)21-26(35)20-36(30)40)27-11-7-9-24(19-27)25-10-8-18-38-23-25/h1-23H. The number of para-hydroxylation sites is 2. The lowest BCUT2D eigenvalue weighted by Gasteiger charge is -2.11. The Morgan fingerprint density at radius 1 is 0.425 bits per heavy atom. The zero-order valence-electron chi connectivity index (χ0n) is 21.6. The van der Waals surface area contributed by atoms with E-state index in [-0.39, 0.29) is 0 Å². The van der Waals surface area contributed by atoms with E-state index in [0.717, 1.165) is 16.8 Å². The van der Waals surface area contributed by atoms with Crippen LogP contribution in [0.2, 0.25) is 0 Å². The predicted octanol–water partition coefficient (Wildman–Crippen LogP) is 9.56. The van der Waals surface area contributed by atoms with E-state index in [4.69, 9.17) is 0 Å². The van der Waals surface area contributed by atoms with Crippen LogP contribution < -0.4 is 0 Å². The van der Waals surface area contributed by atoms with E-state index in [1.807, 2.05) is 18.5 Å². The van der Waals surface area contributed by atoms with Crippen molar-refractivity contribution >= 4 is 59.9 Å². The first kappa shape index (κ1) is 21.5. The molecule has 5 aromatic carbocycles. The fraction of sp³-hybridized carbons (Fsp3) is 0. The maximum atomic E-state index is 4.34. The van der Waals surface area contributed by atoms with Crippen LogP contribution >= 0.6 is 0 Å². The summed E-state index contributed by atoms with van der Waals surface area (Å²) in [6.45, 7) is 0. The fourth-order valence-electron chi connectivity index (χ4n) is 6.60. The summed E-state index contributed by atoms with van der Waals surface area (Å²) < 4.78 is 4.85. The van der Waals surface area contributed by atoms with E-state index in [2.05, 4.69) is 135 Å². The molecular weight excluding hydrogens is 486 g/mol. The lowest BCUT2D eigenvalue weighted by molar-refractivity contribution is 1.18. The molecule has 4 aromatic heterocycles. The molecule has 0 bridgehead atoms. The van der Waals surface area contributed by atoms with Gasteiger partial charge < -0.3 is 8.97 Å². The van der Waals surface area contributed by atoms with Gasteiger partial charge >= 0.3 is 0 Å². The molecule has 0 spiro atoms. The average molecular weight is 510 g/mol. The molecule has 0 N–H and O–H groups in total. The monoisotopic (exact) mass is 509 g/mol.